The Bertz CT molecular complexity index is 910. The number of aliphatic hydroxyl groups is 1. The van der Waals surface area contributed by atoms with Crippen LogP contribution in [0, 0.1) is 0 Å². The molecule has 3 atom stereocenters. The first-order valence-electron chi connectivity index (χ1n) is 11.0. The minimum Gasteiger partial charge on any atom is -0.497 e. The van der Waals surface area contributed by atoms with Gasteiger partial charge in [-0.05, 0) is 61.4 Å². The van der Waals surface area contributed by atoms with Crippen LogP contribution in [-0.2, 0) is 18.6 Å². The van der Waals surface area contributed by atoms with Crippen LogP contribution in [0.25, 0.3) is 0 Å². The number of ether oxygens (including phenoxy) is 3. The van der Waals surface area contributed by atoms with Crippen LogP contribution >= 0.6 is 0 Å². The van der Waals surface area contributed by atoms with Crippen LogP contribution < -0.4 is 14.2 Å². The highest BCUT2D eigenvalue weighted by Crippen LogP contribution is 2.47. The van der Waals surface area contributed by atoms with Crippen molar-refractivity contribution in [1.82, 2.24) is 4.90 Å². The summed E-state index contributed by atoms with van der Waals surface area (Å²) in [6.45, 7) is 4.73. The summed E-state index contributed by atoms with van der Waals surface area (Å²) < 4.78 is 16.5. The number of fused-ring (bicyclic) bond motifs is 2. The number of hydrogen-bond acceptors (Lipinski definition) is 5. The zero-order valence-corrected chi connectivity index (χ0v) is 18.8. The van der Waals surface area contributed by atoms with E-state index in [9.17, 15) is 5.11 Å². The lowest BCUT2D eigenvalue weighted by molar-refractivity contribution is -0.0595. The highest BCUT2D eigenvalue weighted by molar-refractivity contribution is 5.50. The van der Waals surface area contributed by atoms with Crippen molar-refractivity contribution in [2.24, 2.45) is 0 Å². The highest BCUT2D eigenvalue weighted by atomic mass is 16.5. The molecule has 1 N–H and O–H groups in total. The summed E-state index contributed by atoms with van der Waals surface area (Å²) >= 11 is 0. The summed E-state index contributed by atoms with van der Waals surface area (Å²) in [4.78, 5) is 2.57. The van der Waals surface area contributed by atoms with Crippen LogP contribution in [0.1, 0.15) is 42.4 Å². The molecule has 2 heterocycles. The molecule has 2 saturated heterocycles. The number of hydrogen-bond donors (Lipinski definition) is 1. The summed E-state index contributed by atoms with van der Waals surface area (Å²) in [6, 6.07) is 12.9. The number of benzene rings is 2. The maximum Gasteiger partial charge on any atom is 0.164 e. The van der Waals surface area contributed by atoms with Gasteiger partial charge in [0, 0.05) is 24.2 Å². The van der Waals surface area contributed by atoms with E-state index in [2.05, 4.69) is 23.6 Å². The van der Waals surface area contributed by atoms with Crippen LogP contribution in [0.3, 0.4) is 0 Å². The molecule has 0 saturated carbocycles. The van der Waals surface area contributed by atoms with E-state index in [1.165, 1.54) is 5.56 Å². The molecule has 0 aromatic heterocycles. The lowest BCUT2D eigenvalue weighted by atomic mass is 9.80. The summed E-state index contributed by atoms with van der Waals surface area (Å²) in [7, 11) is 5.02. The van der Waals surface area contributed by atoms with Crippen molar-refractivity contribution in [3.63, 3.8) is 0 Å². The van der Waals surface area contributed by atoms with Gasteiger partial charge in [-0.15, -0.1) is 6.58 Å². The third kappa shape index (κ3) is 4.17. The zero-order valence-electron chi connectivity index (χ0n) is 18.8. The van der Waals surface area contributed by atoms with Crippen LogP contribution in [0.2, 0.25) is 0 Å². The Balaban J connectivity index is 1.55. The second-order valence-corrected chi connectivity index (χ2v) is 8.71. The molecule has 1 unspecified atom stereocenters. The van der Waals surface area contributed by atoms with E-state index in [4.69, 9.17) is 14.2 Å². The zero-order chi connectivity index (χ0) is 22.0. The van der Waals surface area contributed by atoms with Gasteiger partial charge in [0.2, 0.25) is 0 Å². The third-order valence-corrected chi connectivity index (χ3v) is 6.89. The quantitative estimate of drug-likeness (QED) is 0.636. The van der Waals surface area contributed by atoms with Gasteiger partial charge in [0.05, 0.1) is 26.9 Å². The van der Waals surface area contributed by atoms with Gasteiger partial charge in [-0.2, -0.15) is 0 Å². The molecule has 5 heteroatoms. The van der Waals surface area contributed by atoms with E-state index in [0.29, 0.717) is 12.1 Å². The van der Waals surface area contributed by atoms with Crippen molar-refractivity contribution in [2.75, 3.05) is 21.3 Å². The number of methoxy groups -OCH3 is 3. The normalized spacial score (nSPS) is 25.3. The van der Waals surface area contributed by atoms with Gasteiger partial charge < -0.3 is 19.3 Å². The lowest BCUT2D eigenvalue weighted by Crippen LogP contribution is -2.49. The van der Waals surface area contributed by atoms with E-state index in [-0.39, 0.29) is 0 Å². The van der Waals surface area contributed by atoms with Gasteiger partial charge in [-0.3, -0.25) is 4.90 Å². The number of piperidine rings is 1. The smallest absolute Gasteiger partial charge is 0.164 e. The summed E-state index contributed by atoms with van der Waals surface area (Å²) in [5, 5.41) is 11.5. The Kier molecular flexibility index (Phi) is 6.26. The summed E-state index contributed by atoms with van der Waals surface area (Å²) in [5.41, 5.74) is 2.51. The van der Waals surface area contributed by atoms with E-state index in [0.717, 1.165) is 67.0 Å². The van der Waals surface area contributed by atoms with Gasteiger partial charge in [0.1, 0.15) is 5.75 Å². The highest BCUT2D eigenvalue weighted by Gasteiger charge is 2.48. The van der Waals surface area contributed by atoms with E-state index >= 15 is 0 Å². The van der Waals surface area contributed by atoms with Crippen molar-refractivity contribution in [3.8, 4) is 17.2 Å². The lowest BCUT2D eigenvalue weighted by Gasteiger charge is -2.44. The van der Waals surface area contributed by atoms with Crippen molar-refractivity contribution in [2.45, 2.75) is 56.3 Å². The minimum atomic E-state index is -0.778. The predicted octanol–water partition coefficient (Wildman–Crippen LogP) is 4.46. The Hall–Kier alpha value is -2.50. The van der Waals surface area contributed by atoms with Gasteiger partial charge in [-0.25, -0.2) is 0 Å². The summed E-state index contributed by atoms with van der Waals surface area (Å²) in [5.74, 6) is 2.36. The molecule has 2 aliphatic heterocycles. The van der Waals surface area contributed by atoms with Crippen molar-refractivity contribution >= 4 is 0 Å². The first kappa shape index (κ1) is 21.7. The molecule has 0 radical (unpaired) electrons. The second kappa shape index (κ2) is 8.93. The van der Waals surface area contributed by atoms with Crippen molar-refractivity contribution < 1.29 is 19.3 Å². The molecular weight excluding hydrogens is 390 g/mol. The van der Waals surface area contributed by atoms with Gasteiger partial charge in [-0.1, -0.05) is 24.3 Å². The van der Waals surface area contributed by atoms with E-state index in [1.807, 2.05) is 30.3 Å². The van der Waals surface area contributed by atoms with Crippen molar-refractivity contribution in [1.29, 1.82) is 0 Å². The first-order chi connectivity index (χ1) is 15.0. The van der Waals surface area contributed by atoms with Crippen LogP contribution in [0.15, 0.2) is 49.1 Å². The standard InChI is InChI=1S/C26H33NO4/c1-5-6-19-13-18(14-24(30-3)25(19)31-4)17-27-21-9-10-22(27)16-26(28,15-21)20-7-11-23(29-2)12-8-20/h5,7-8,11-14,21-22,28H,1,6,9-10,15-17H2,2-4H3/t21-,22+,26?. The fraction of sp³-hybridized carbons (Fsp3) is 0.462. The van der Waals surface area contributed by atoms with Crippen LogP contribution in [-0.4, -0.2) is 43.4 Å². The Morgan fingerprint density at radius 3 is 2.26 bits per heavy atom. The van der Waals surface area contributed by atoms with Gasteiger partial charge in [0.15, 0.2) is 11.5 Å². The minimum absolute atomic E-state index is 0.363. The SMILES string of the molecule is C=CCc1cc(CN2[C@@H]3CC[C@H]2CC(O)(c2ccc(OC)cc2)C3)cc(OC)c1OC. The molecule has 0 spiro atoms. The Labute approximate surface area is 185 Å². The average Bonchev–Trinajstić information content (AvgIpc) is 3.02. The fourth-order valence-corrected chi connectivity index (χ4v) is 5.43. The average molecular weight is 424 g/mol. The number of rotatable bonds is 8. The summed E-state index contributed by atoms with van der Waals surface area (Å²) in [6.07, 6.45) is 6.37. The second-order valence-electron chi connectivity index (χ2n) is 8.71. The van der Waals surface area contributed by atoms with Crippen molar-refractivity contribution in [3.05, 3.63) is 65.7 Å². The fourth-order valence-electron chi connectivity index (χ4n) is 5.43. The molecule has 2 aliphatic rings. The van der Waals surface area contributed by atoms with Gasteiger partial charge >= 0.3 is 0 Å². The molecule has 4 rings (SSSR count). The maximum atomic E-state index is 11.5. The van der Waals surface area contributed by atoms with Crippen LogP contribution in [0.4, 0.5) is 0 Å². The Morgan fingerprint density at radius 2 is 1.71 bits per heavy atom. The molecule has 0 amide bonds. The molecule has 2 aromatic carbocycles. The van der Waals surface area contributed by atoms with E-state index < -0.39 is 5.60 Å². The van der Waals surface area contributed by atoms with Crippen LogP contribution in [0.5, 0.6) is 17.2 Å². The molecule has 31 heavy (non-hydrogen) atoms. The maximum absolute atomic E-state index is 11.5. The number of nitrogens with zero attached hydrogens (tertiary/aromatic N) is 1. The Morgan fingerprint density at radius 1 is 1.03 bits per heavy atom. The molecule has 2 fully saturated rings. The molecule has 166 valence electrons. The molecule has 0 aliphatic carbocycles. The molecule has 2 bridgehead atoms. The molecule has 5 nitrogen and oxygen atoms in total. The number of allylic oxidation sites excluding steroid dienone is 1. The third-order valence-electron chi connectivity index (χ3n) is 6.89. The molecule has 2 aromatic rings. The molecular formula is C26H33NO4. The monoisotopic (exact) mass is 423 g/mol. The predicted molar refractivity (Wildman–Crippen MR) is 122 cm³/mol. The van der Waals surface area contributed by atoms with E-state index in [1.54, 1.807) is 21.3 Å². The first-order valence-corrected chi connectivity index (χ1v) is 11.0. The van der Waals surface area contributed by atoms with Gasteiger partial charge in [0.25, 0.3) is 0 Å². The largest absolute Gasteiger partial charge is 0.497 e. The topological polar surface area (TPSA) is 51.2 Å².